The van der Waals surface area contributed by atoms with Crippen molar-refractivity contribution in [1.82, 2.24) is 0 Å². The molecule has 1 fully saturated rings. The number of aldehydes is 1. The summed E-state index contributed by atoms with van der Waals surface area (Å²) in [5.41, 5.74) is 0.305. The molecule has 1 aromatic rings. The number of sulfone groups is 1. The van der Waals surface area contributed by atoms with Gasteiger partial charge in [0.05, 0.1) is 6.61 Å². The maximum atomic E-state index is 11.9. The highest BCUT2D eigenvalue weighted by molar-refractivity contribution is 7.90. The van der Waals surface area contributed by atoms with Gasteiger partial charge in [0, 0.05) is 17.7 Å². The van der Waals surface area contributed by atoms with Crippen LogP contribution < -0.4 is 4.74 Å². The molecule has 23 heavy (non-hydrogen) atoms. The van der Waals surface area contributed by atoms with Gasteiger partial charge in [0.2, 0.25) is 0 Å². The monoisotopic (exact) mass is 338 g/mol. The molecular weight excluding hydrogens is 316 g/mol. The Labute approximate surface area is 137 Å². The Morgan fingerprint density at radius 3 is 2.43 bits per heavy atom. The number of carbonyl (C=O) groups excluding carboxylic acids is 2. The molecule has 1 aliphatic rings. The molecule has 0 heterocycles. The summed E-state index contributed by atoms with van der Waals surface area (Å²) in [7, 11) is -3.47. The lowest BCUT2D eigenvalue weighted by Gasteiger charge is -2.27. The number of Topliss-reactive ketones (excluding diaryl/α,β-unsaturated/α-hetero) is 1. The number of carbonyl (C=O) groups is 2. The minimum Gasteiger partial charge on any atom is -0.492 e. The molecule has 6 heteroatoms. The minimum absolute atomic E-state index is 0.0412. The second kappa shape index (κ2) is 7.25. The quantitative estimate of drug-likeness (QED) is 0.745. The van der Waals surface area contributed by atoms with E-state index in [1.165, 1.54) is 12.1 Å². The van der Waals surface area contributed by atoms with Crippen molar-refractivity contribution in [2.45, 2.75) is 37.5 Å². The highest BCUT2D eigenvalue weighted by atomic mass is 32.2. The van der Waals surface area contributed by atoms with Crippen LogP contribution in [-0.2, 0) is 14.6 Å². The molecule has 5 nitrogen and oxygen atoms in total. The smallest absolute Gasteiger partial charge is 0.179 e. The molecule has 0 radical (unpaired) electrons. The van der Waals surface area contributed by atoms with Gasteiger partial charge in [0.25, 0.3) is 0 Å². The van der Waals surface area contributed by atoms with Gasteiger partial charge < -0.3 is 4.74 Å². The van der Waals surface area contributed by atoms with E-state index in [4.69, 9.17) is 4.74 Å². The largest absolute Gasteiger partial charge is 0.492 e. The lowest BCUT2D eigenvalue weighted by Crippen LogP contribution is -2.23. The molecule has 0 bridgehead atoms. The highest BCUT2D eigenvalue weighted by Gasteiger charge is 2.25. The summed E-state index contributed by atoms with van der Waals surface area (Å²) < 4.78 is 29.4. The second-order valence-electron chi connectivity index (χ2n) is 6.24. The topological polar surface area (TPSA) is 77.5 Å². The summed E-state index contributed by atoms with van der Waals surface area (Å²) >= 11 is 0. The van der Waals surface area contributed by atoms with Gasteiger partial charge in [-0.3, -0.25) is 9.59 Å². The number of hydrogen-bond donors (Lipinski definition) is 0. The molecule has 0 saturated heterocycles. The van der Waals surface area contributed by atoms with Gasteiger partial charge in [-0.2, -0.15) is 0 Å². The van der Waals surface area contributed by atoms with Crippen molar-refractivity contribution in [3.8, 4) is 5.75 Å². The molecule has 126 valence electrons. The molecule has 2 rings (SSSR count). The summed E-state index contributed by atoms with van der Waals surface area (Å²) in [5, 5.41) is 0. The van der Waals surface area contributed by atoms with Gasteiger partial charge in [-0.05, 0) is 56.7 Å². The molecule has 1 saturated carbocycles. The van der Waals surface area contributed by atoms with Gasteiger partial charge in [0.1, 0.15) is 22.7 Å². The average Bonchev–Trinajstić information content (AvgIpc) is 2.52. The van der Waals surface area contributed by atoms with Crippen LogP contribution in [0.25, 0.3) is 0 Å². The van der Waals surface area contributed by atoms with Crippen molar-refractivity contribution < 1.29 is 22.7 Å². The van der Waals surface area contributed by atoms with E-state index >= 15 is 0 Å². The number of ketones is 1. The fraction of sp³-hybridized carbons (Fsp3) is 0.529. The summed E-state index contributed by atoms with van der Waals surface area (Å²) in [6, 6.07) is 4.41. The second-order valence-corrected chi connectivity index (χ2v) is 8.22. The predicted octanol–water partition coefficient (Wildman–Crippen LogP) is 2.68. The maximum Gasteiger partial charge on any atom is 0.179 e. The van der Waals surface area contributed by atoms with Crippen molar-refractivity contribution in [3.05, 3.63) is 23.8 Å². The third-order valence-electron chi connectivity index (χ3n) is 4.40. The van der Waals surface area contributed by atoms with E-state index in [9.17, 15) is 18.0 Å². The summed E-state index contributed by atoms with van der Waals surface area (Å²) in [6.07, 6.45) is 5.26. The molecule has 1 aromatic carbocycles. The van der Waals surface area contributed by atoms with Crippen molar-refractivity contribution in [2.24, 2.45) is 11.8 Å². The lowest BCUT2D eigenvalue weighted by molar-refractivity contribution is -0.121. The number of hydrogen-bond acceptors (Lipinski definition) is 5. The third kappa shape index (κ3) is 4.64. The Bertz CT molecular complexity index is 685. The molecule has 0 unspecified atom stereocenters. The molecule has 0 atom stereocenters. The van der Waals surface area contributed by atoms with Crippen molar-refractivity contribution in [3.63, 3.8) is 0 Å². The summed E-state index contributed by atoms with van der Waals surface area (Å²) in [6.45, 7) is 2.06. The Hall–Kier alpha value is -1.69. The van der Waals surface area contributed by atoms with Crippen LogP contribution in [0.4, 0.5) is 0 Å². The predicted molar refractivity (Wildman–Crippen MR) is 86.6 cm³/mol. The van der Waals surface area contributed by atoms with Gasteiger partial charge in [-0.15, -0.1) is 0 Å². The molecule has 1 aliphatic carbocycles. The average molecular weight is 338 g/mol. The van der Waals surface area contributed by atoms with Crippen LogP contribution in [0.3, 0.4) is 0 Å². The fourth-order valence-corrected chi connectivity index (χ4v) is 3.79. The van der Waals surface area contributed by atoms with Crippen molar-refractivity contribution >= 4 is 21.9 Å². The van der Waals surface area contributed by atoms with E-state index in [2.05, 4.69) is 0 Å². The molecular formula is C17H22O5S. The van der Waals surface area contributed by atoms with Crippen LogP contribution in [-0.4, -0.2) is 33.3 Å². The molecule has 0 aliphatic heterocycles. The van der Waals surface area contributed by atoms with Gasteiger partial charge >= 0.3 is 0 Å². The van der Waals surface area contributed by atoms with E-state index in [1.807, 2.05) is 0 Å². The first-order valence-electron chi connectivity index (χ1n) is 7.73. The highest BCUT2D eigenvalue weighted by Crippen LogP contribution is 2.31. The van der Waals surface area contributed by atoms with E-state index < -0.39 is 9.84 Å². The van der Waals surface area contributed by atoms with Gasteiger partial charge in [-0.1, -0.05) is 0 Å². The molecule has 0 N–H and O–H groups in total. The number of ether oxygens (including phenoxy) is 1. The van der Waals surface area contributed by atoms with Crippen molar-refractivity contribution in [2.75, 3.05) is 12.9 Å². The van der Waals surface area contributed by atoms with Crippen LogP contribution in [0.1, 0.15) is 43.0 Å². The van der Waals surface area contributed by atoms with Gasteiger partial charge in [0.15, 0.2) is 9.84 Å². The standard InChI is InChI=1S/C17H22O5S/c1-12(19)15-6-3-13(4-7-15)11-22-16-8-5-14(10-18)9-17(16)23(2,20)21/h5,8-10,13,15H,3-4,6-7,11H2,1-2H3/t13-,15-. The first kappa shape index (κ1) is 17.7. The Morgan fingerprint density at radius 2 is 1.91 bits per heavy atom. The summed E-state index contributed by atoms with van der Waals surface area (Å²) in [5.74, 6) is 1.01. The van der Waals surface area contributed by atoms with E-state index in [1.54, 1.807) is 13.0 Å². The SMILES string of the molecule is CC(=O)[C@H]1CC[C@H](COc2ccc(C=O)cc2S(C)(=O)=O)CC1. The van der Waals surface area contributed by atoms with Gasteiger partial charge in [-0.25, -0.2) is 8.42 Å². The Kier molecular flexibility index (Phi) is 5.57. The van der Waals surface area contributed by atoms with Crippen LogP contribution in [0.2, 0.25) is 0 Å². The zero-order valence-electron chi connectivity index (χ0n) is 13.4. The van der Waals surface area contributed by atoms with E-state index in [-0.39, 0.29) is 22.3 Å². The lowest BCUT2D eigenvalue weighted by atomic mass is 9.81. The zero-order chi connectivity index (χ0) is 17.0. The first-order chi connectivity index (χ1) is 10.8. The third-order valence-corrected chi connectivity index (χ3v) is 5.52. The molecule has 0 aromatic heterocycles. The summed E-state index contributed by atoms with van der Waals surface area (Å²) in [4.78, 5) is 22.2. The fourth-order valence-electron chi connectivity index (χ4n) is 2.95. The van der Waals surface area contributed by atoms with Crippen LogP contribution in [0.5, 0.6) is 5.75 Å². The van der Waals surface area contributed by atoms with Crippen LogP contribution >= 0.6 is 0 Å². The minimum atomic E-state index is -3.47. The van der Waals surface area contributed by atoms with E-state index in [0.717, 1.165) is 31.9 Å². The van der Waals surface area contributed by atoms with E-state index in [0.29, 0.717) is 24.4 Å². The Balaban J connectivity index is 2.04. The normalized spacial score (nSPS) is 21.7. The molecule has 0 spiro atoms. The number of rotatable bonds is 6. The van der Waals surface area contributed by atoms with Crippen LogP contribution in [0, 0.1) is 11.8 Å². The first-order valence-corrected chi connectivity index (χ1v) is 9.63. The zero-order valence-corrected chi connectivity index (χ0v) is 14.3. The van der Waals surface area contributed by atoms with Crippen molar-refractivity contribution in [1.29, 1.82) is 0 Å². The molecule has 0 amide bonds. The Morgan fingerprint density at radius 1 is 1.26 bits per heavy atom. The van der Waals surface area contributed by atoms with Crippen LogP contribution in [0.15, 0.2) is 23.1 Å². The number of benzene rings is 1. The maximum absolute atomic E-state index is 11.9.